The Morgan fingerprint density at radius 1 is 0.914 bits per heavy atom. The lowest BCUT2D eigenvalue weighted by atomic mass is 10.1. The highest BCUT2D eigenvalue weighted by Gasteiger charge is 2.28. The van der Waals surface area contributed by atoms with Crippen molar-refractivity contribution < 1.29 is 22.7 Å². The highest BCUT2D eigenvalue weighted by Crippen LogP contribution is 2.34. The molecule has 0 aliphatic carbocycles. The van der Waals surface area contributed by atoms with E-state index in [1.165, 1.54) is 31.9 Å². The molecule has 1 N–H and O–H groups in total. The number of unbranched alkanes of at least 4 members (excludes halogenated alkanes) is 1. The van der Waals surface area contributed by atoms with E-state index in [-0.39, 0.29) is 10.6 Å². The van der Waals surface area contributed by atoms with Gasteiger partial charge in [-0.2, -0.15) is 0 Å². The number of carbonyl (C=O) groups is 1. The van der Waals surface area contributed by atoms with E-state index in [1.807, 2.05) is 31.2 Å². The molecule has 0 radical (unpaired) electrons. The van der Waals surface area contributed by atoms with Gasteiger partial charge in [-0.25, -0.2) is 8.42 Å². The summed E-state index contributed by atoms with van der Waals surface area (Å²) >= 11 is 0. The van der Waals surface area contributed by atoms with Crippen LogP contribution in [0.3, 0.4) is 0 Å². The summed E-state index contributed by atoms with van der Waals surface area (Å²) in [7, 11) is -1.07. The number of aryl methyl sites for hydroxylation is 2. The number of anilines is 2. The quantitative estimate of drug-likeness (QED) is 0.395. The lowest BCUT2D eigenvalue weighted by molar-refractivity contribution is -0.114. The lowest BCUT2D eigenvalue weighted by Crippen LogP contribution is -2.38. The minimum absolute atomic E-state index is 0.0889. The van der Waals surface area contributed by atoms with Crippen LogP contribution in [-0.2, 0) is 21.2 Å². The number of hydrogen-bond donors (Lipinski definition) is 1. The van der Waals surface area contributed by atoms with E-state index in [2.05, 4.69) is 12.2 Å². The molecule has 8 heteroatoms. The van der Waals surface area contributed by atoms with E-state index >= 15 is 0 Å². The molecule has 0 saturated carbocycles. The topological polar surface area (TPSA) is 84.9 Å². The molecule has 0 atom stereocenters. The van der Waals surface area contributed by atoms with Gasteiger partial charge < -0.3 is 14.8 Å². The first-order valence-corrected chi connectivity index (χ1v) is 12.9. The number of benzene rings is 3. The fourth-order valence-corrected chi connectivity index (χ4v) is 5.01. The summed E-state index contributed by atoms with van der Waals surface area (Å²) in [4.78, 5) is 13.1. The SMILES string of the molecule is CCCCc1ccc(NC(=O)CN(c2ccc(OC)c(OC)c2)S(=O)(=O)c2ccc(C)cc2)cc1. The number of methoxy groups -OCH3 is 2. The molecule has 3 aromatic rings. The fraction of sp³-hybridized carbons (Fsp3) is 0.296. The normalized spacial score (nSPS) is 11.1. The van der Waals surface area contributed by atoms with Crippen molar-refractivity contribution in [3.8, 4) is 11.5 Å². The van der Waals surface area contributed by atoms with Gasteiger partial charge in [-0.15, -0.1) is 0 Å². The van der Waals surface area contributed by atoms with Crippen LogP contribution in [0.25, 0.3) is 0 Å². The maximum atomic E-state index is 13.6. The van der Waals surface area contributed by atoms with Crippen molar-refractivity contribution in [1.82, 2.24) is 0 Å². The minimum atomic E-state index is -4.04. The van der Waals surface area contributed by atoms with Crippen molar-refractivity contribution in [2.75, 3.05) is 30.4 Å². The molecule has 1 amide bonds. The first-order valence-electron chi connectivity index (χ1n) is 11.5. The number of ether oxygens (including phenoxy) is 2. The summed E-state index contributed by atoms with van der Waals surface area (Å²) in [6, 6.07) is 18.9. The molecular weight excluding hydrogens is 464 g/mol. The third-order valence-corrected chi connectivity index (χ3v) is 7.40. The molecule has 3 rings (SSSR count). The van der Waals surface area contributed by atoms with Gasteiger partial charge in [0.2, 0.25) is 5.91 Å². The molecule has 0 unspecified atom stereocenters. The molecular formula is C27H32N2O5S. The van der Waals surface area contributed by atoms with Crippen molar-refractivity contribution in [2.45, 2.75) is 38.0 Å². The van der Waals surface area contributed by atoms with Crippen LogP contribution in [0, 0.1) is 6.92 Å². The van der Waals surface area contributed by atoms with E-state index in [1.54, 1.807) is 30.3 Å². The molecule has 3 aromatic carbocycles. The lowest BCUT2D eigenvalue weighted by Gasteiger charge is -2.25. The second-order valence-corrected chi connectivity index (χ2v) is 10.1. The van der Waals surface area contributed by atoms with Crippen LogP contribution in [0.1, 0.15) is 30.9 Å². The second kappa shape index (κ2) is 11.8. The third-order valence-electron chi connectivity index (χ3n) is 5.61. The number of carbonyl (C=O) groups excluding carboxylic acids is 1. The zero-order valence-electron chi connectivity index (χ0n) is 20.6. The number of rotatable bonds is 11. The Morgan fingerprint density at radius 2 is 1.57 bits per heavy atom. The predicted molar refractivity (Wildman–Crippen MR) is 139 cm³/mol. The Bertz CT molecular complexity index is 1240. The van der Waals surface area contributed by atoms with Crippen molar-refractivity contribution in [3.05, 3.63) is 77.9 Å². The maximum Gasteiger partial charge on any atom is 0.264 e. The highest BCUT2D eigenvalue weighted by atomic mass is 32.2. The molecule has 0 saturated heterocycles. The summed E-state index contributed by atoms with van der Waals surface area (Å²) in [5.41, 5.74) is 3.02. The molecule has 0 fully saturated rings. The van der Waals surface area contributed by atoms with Crippen molar-refractivity contribution in [2.24, 2.45) is 0 Å². The van der Waals surface area contributed by atoms with Crippen LogP contribution < -0.4 is 19.1 Å². The van der Waals surface area contributed by atoms with Gasteiger partial charge in [-0.05, 0) is 61.7 Å². The third kappa shape index (κ3) is 6.54. The van der Waals surface area contributed by atoms with Gasteiger partial charge in [0, 0.05) is 11.8 Å². The molecule has 0 aliphatic rings. The van der Waals surface area contributed by atoms with Crippen LogP contribution in [0.15, 0.2) is 71.6 Å². The second-order valence-electron chi connectivity index (χ2n) is 8.21. The summed E-state index contributed by atoms with van der Waals surface area (Å²) in [5, 5.41) is 2.81. The largest absolute Gasteiger partial charge is 0.493 e. The Labute approximate surface area is 207 Å². The number of nitrogens with zero attached hydrogens (tertiary/aromatic N) is 1. The summed E-state index contributed by atoms with van der Waals surface area (Å²) in [6.45, 7) is 3.61. The monoisotopic (exact) mass is 496 g/mol. The number of sulfonamides is 1. The zero-order valence-corrected chi connectivity index (χ0v) is 21.4. The molecule has 0 bridgehead atoms. The average Bonchev–Trinajstić information content (AvgIpc) is 2.86. The van der Waals surface area contributed by atoms with Crippen LogP contribution >= 0.6 is 0 Å². The van der Waals surface area contributed by atoms with E-state index in [0.717, 1.165) is 29.1 Å². The van der Waals surface area contributed by atoms with E-state index in [0.29, 0.717) is 17.2 Å². The minimum Gasteiger partial charge on any atom is -0.493 e. The van der Waals surface area contributed by atoms with Gasteiger partial charge in [0.15, 0.2) is 11.5 Å². The molecule has 186 valence electrons. The summed E-state index contributed by atoms with van der Waals surface area (Å²) in [6.07, 6.45) is 3.19. The number of nitrogens with one attached hydrogen (secondary N) is 1. The molecule has 35 heavy (non-hydrogen) atoms. The standard InChI is InChI=1S/C27H32N2O5S/c1-5-6-7-21-10-12-22(13-11-21)28-27(30)19-29(23-14-17-25(33-3)26(18-23)34-4)35(31,32)24-15-8-20(2)9-16-24/h8-18H,5-7,19H2,1-4H3,(H,28,30). The van der Waals surface area contributed by atoms with Crippen LogP contribution in [0.2, 0.25) is 0 Å². The van der Waals surface area contributed by atoms with E-state index in [9.17, 15) is 13.2 Å². The Morgan fingerprint density at radius 3 is 2.17 bits per heavy atom. The van der Waals surface area contributed by atoms with Crippen molar-refractivity contribution >= 4 is 27.3 Å². The number of hydrogen-bond acceptors (Lipinski definition) is 5. The maximum absolute atomic E-state index is 13.6. The Balaban J connectivity index is 1.91. The first kappa shape index (κ1) is 26.1. The van der Waals surface area contributed by atoms with Crippen LogP contribution in [0.4, 0.5) is 11.4 Å². The molecule has 7 nitrogen and oxygen atoms in total. The van der Waals surface area contributed by atoms with Gasteiger partial charge in [0.25, 0.3) is 10.0 Å². The predicted octanol–water partition coefficient (Wildman–Crippen LogP) is 5.19. The summed E-state index contributed by atoms with van der Waals surface area (Å²) in [5.74, 6) is 0.352. The average molecular weight is 497 g/mol. The first-order chi connectivity index (χ1) is 16.8. The van der Waals surface area contributed by atoms with E-state index in [4.69, 9.17) is 9.47 Å². The van der Waals surface area contributed by atoms with Crippen LogP contribution in [-0.4, -0.2) is 35.1 Å². The van der Waals surface area contributed by atoms with Gasteiger partial charge in [-0.1, -0.05) is 43.2 Å². The summed E-state index contributed by atoms with van der Waals surface area (Å²) < 4.78 is 38.9. The van der Waals surface area contributed by atoms with Crippen molar-refractivity contribution in [3.63, 3.8) is 0 Å². The number of amides is 1. The Kier molecular flexibility index (Phi) is 8.76. The molecule has 0 aromatic heterocycles. The van der Waals surface area contributed by atoms with Crippen molar-refractivity contribution in [1.29, 1.82) is 0 Å². The molecule has 0 aliphatic heterocycles. The van der Waals surface area contributed by atoms with E-state index < -0.39 is 22.5 Å². The zero-order chi connectivity index (χ0) is 25.4. The fourth-order valence-electron chi connectivity index (χ4n) is 3.60. The Hall–Kier alpha value is -3.52. The van der Waals surface area contributed by atoms with Gasteiger partial charge in [0.1, 0.15) is 6.54 Å². The van der Waals surface area contributed by atoms with Gasteiger partial charge >= 0.3 is 0 Å². The van der Waals surface area contributed by atoms with Gasteiger partial charge in [-0.3, -0.25) is 9.10 Å². The van der Waals surface area contributed by atoms with Gasteiger partial charge in [0.05, 0.1) is 24.8 Å². The van der Waals surface area contributed by atoms with Crippen LogP contribution in [0.5, 0.6) is 11.5 Å². The highest BCUT2D eigenvalue weighted by molar-refractivity contribution is 7.92. The molecule has 0 spiro atoms. The smallest absolute Gasteiger partial charge is 0.264 e. The molecule has 0 heterocycles.